The van der Waals surface area contributed by atoms with Crippen molar-refractivity contribution in [1.29, 1.82) is 0 Å². The smallest absolute Gasteiger partial charge is 0.132 e. The Hall–Kier alpha value is -1.16. The maximum absolute atomic E-state index is 4.55. The maximum Gasteiger partial charge on any atom is 0.132 e. The fourth-order valence-corrected chi connectivity index (χ4v) is 3.10. The van der Waals surface area contributed by atoms with Crippen LogP contribution in [0, 0.1) is 0 Å². The average molecular weight is 290 g/mol. The van der Waals surface area contributed by atoms with Crippen LogP contribution >= 0.6 is 0 Å². The molecule has 2 rings (SSSR count). The first-order chi connectivity index (χ1) is 10.1. The molecule has 0 bridgehead atoms. The normalized spacial score (nSPS) is 20.8. The molecule has 0 saturated carbocycles. The molecule has 118 valence electrons. The van der Waals surface area contributed by atoms with Gasteiger partial charge in [-0.3, -0.25) is 0 Å². The van der Waals surface area contributed by atoms with Crippen molar-refractivity contribution in [3.05, 3.63) is 18.1 Å². The summed E-state index contributed by atoms with van der Waals surface area (Å²) in [5.74, 6) is 1.55. The Morgan fingerprint density at radius 2 is 2.10 bits per heavy atom. The summed E-state index contributed by atoms with van der Waals surface area (Å²) >= 11 is 0. The first-order valence-corrected chi connectivity index (χ1v) is 8.45. The molecule has 1 fully saturated rings. The largest absolute Gasteiger partial charge is 0.352 e. The Morgan fingerprint density at radius 1 is 1.29 bits per heavy atom. The van der Waals surface area contributed by atoms with E-state index >= 15 is 0 Å². The number of nitrogens with one attached hydrogen (secondary N) is 1. The Kier molecular flexibility index (Phi) is 5.97. The zero-order valence-corrected chi connectivity index (χ0v) is 14.0. The molecule has 0 radical (unpaired) electrons. The van der Waals surface area contributed by atoms with E-state index in [1.54, 1.807) is 6.33 Å². The van der Waals surface area contributed by atoms with E-state index in [1.807, 2.05) is 0 Å². The van der Waals surface area contributed by atoms with Crippen molar-refractivity contribution < 1.29 is 0 Å². The quantitative estimate of drug-likeness (QED) is 0.872. The Labute approximate surface area is 129 Å². The van der Waals surface area contributed by atoms with Crippen molar-refractivity contribution in [2.45, 2.75) is 71.4 Å². The summed E-state index contributed by atoms with van der Waals surface area (Å²) in [5, 5.41) is 3.65. The molecule has 2 heterocycles. The number of hydrogen-bond acceptors (Lipinski definition) is 4. The molecular weight excluding hydrogens is 260 g/mol. The van der Waals surface area contributed by atoms with Crippen molar-refractivity contribution in [2.75, 3.05) is 18.0 Å². The molecule has 1 aliphatic rings. The molecule has 1 aromatic rings. The monoisotopic (exact) mass is 290 g/mol. The van der Waals surface area contributed by atoms with Gasteiger partial charge in [-0.15, -0.1) is 0 Å². The Balaban J connectivity index is 2.16. The second-order valence-corrected chi connectivity index (χ2v) is 6.46. The van der Waals surface area contributed by atoms with Gasteiger partial charge in [0.2, 0.25) is 0 Å². The van der Waals surface area contributed by atoms with Crippen molar-refractivity contribution in [2.24, 2.45) is 0 Å². The topological polar surface area (TPSA) is 41.0 Å². The van der Waals surface area contributed by atoms with E-state index in [9.17, 15) is 0 Å². The number of hydrogen-bond donors (Lipinski definition) is 1. The fourth-order valence-electron chi connectivity index (χ4n) is 3.10. The SMILES string of the molecule is CCCNC(C)C1CCCCN1c1cc(C(C)C)ncn1. The molecule has 2 atom stereocenters. The Morgan fingerprint density at radius 3 is 2.81 bits per heavy atom. The lowest BCUT2D eigenvalue weighted by atomic mass is 9.96. The summed E-state index contributed by atoms with van der Waals surface area (Å²) in [6, 6.07) is 3.22. The van der Waals surface area contributed by atoms with E-state index in [4.69, 9.17) is 0 Å². The van der Waals surface area contributed by atoms with Gasteiger partial charge >= 0.3 is 0 Å². The van der Waals surface area contributed by atoms with E-state index in [1.165, 1.54) is 25.7 Å². The van der Waals surface area contributed by atoms with Crippen molar-refractivity contribution in [3.8, 4) is 0 Å². The molecule has 4 heteroatoms. The molecule has 1 aliphatic heterocycles. The first kappa shape index (κ1) is 16.2. The van der Waals surface area contributed by atoms with Crippen LogP contribution in [0.25, 0.3) is 0 Å². The molecule has 0 amide bonds. The zero-order chi connectivity index (χ0) is 15.2. The van der Waals surface area contributed by atoms with Crippen LogP contribution in [-0.2, 0) is 0 Å². The van der Waals surface area contributed by atoms with E-state index in [0.29, 0.717) is 18.0 Å². The van der Waals surface area contributed by atoms with Gasteiger partial charge in [0, 0.05) is 30.4 Å². The standard InChI is InChI=1S/C17H30N4/c1-5-9-18-14(4)16-8-6-7-10-21(16)17-11-15(13(2)3)19-12-20-17/h11-14,16,18H,5-10H2,1-4H3. The molecule has 0 aromatic carbocycles. The van der Waals surface area contributed by atoms with Crippen LogP contribution in [-0.4, -0.2) is 35.1 Å². The van der Waals surface area contributed by atoms with Crippen molar-refractivity contribution in [3.63, 3.8) is 0 Å². The van der Waals surface area contributed by atoms with Gasteiger partial charge in [-0.05, 0) is 45.1 Å². The molecule has 2 unspecified atom stereocenters. The van der Waals surface area contributed by atoms with E-state index in [0.717, 1.165) is 24.6 Å². The number of rotatable bonds is 6. The third-order valence-electron chi connectivity index (χ3n) is 4.40. The molecular formula is C17H30N4. The summed E-state index contributed by atoms with van der Waals surface area (Å²) in [6.45, 7) is 11.1. The van der Waals surface area contributed by atoms with Crippen LogP contribution in [0.15, 0.2) is 12.4 Å². The van der Waals surface area contributed by atoms with Gasteiger partial charge in [-0.2, -0.15) is 0 Å². The second kappa shape index (κ2) is 7.74. The summed E-state index contributed by atoms with van der Waals surface area (Å²) in [4.78, 5) is 11.4. The predicted molar refractivity (Wildman–Crippen MR) is 88.9 cm³/mol. The van der Waals surface area contributed by atoms with Crippen LogP contribution in [0.4, 0.5) is 5.82 Å². The first-order valence-electron chi connectivity index (χ1n) is 8.45. The van der Waals surface area contributed by atoms with Crippen LogP contribution in [0.5, 0.6) is 0 Å². The maximum atomic E-state index is 4.55. The molecule has 4 nitrogen and oxygen atoms in total. The molecule has 0 aliphatic carbocycles. The van der Waals surface area contributed by atoms with Crippen LogP contribution < -0.4 is 10.2 Å². The van der Waals surface area contributed by atoms with Gasteiger partial charge in [0.1, 0.15) is 12.1 Å². The number of aromatic nitrogens is 2. The highest BCUT2D eigenvalue weighted by Gasteiger charge is 2.28. The number of anilines is 1. The molecule has 21 heavy (non-hydrogen) atoms. The number of piperidine rings is 1. The van der Waals surface area contributed by atoms with Crippen LogP contribution in [0.1, 0.15) is 65.0 Å². The summed E-state index contributed by atoms with van der Waals surface area (Å²) in [5.41, 5.74) is 1.14. The molecule has 1 aromatic heterocycles. The fraction of sp³-hybridized carbons (Fsp3) is 0.765. The highest BCUT2D eigenvalue weighted by Crippen LogP contribution is 2.26. The lowest BCUT2D eigenvalue weighted by Crippen LogP contribution is -2.51. The average Bonchev–Trinajstić information content (AvgIpc) is 2.52. The van der Waals surface area contributed by atoms with Crippen LogP contribution in [0.3, 0.4) is 0 Å². The third-order valence-corrected chi connectivity index (χ3v) is 4.40. The summed E-state index contributed by atoms with van der Waals surface area (Å²) in [6.07, 6.45) is 6.74. The Bertz CT molecular complexity index is 433. The predicted octanol–water partition coefficient (Wildman–Crippen LogP) is 3.35. The van der Waals surface area contributed by atoms with Crippen molar-refractivity contribution >= 4 is 5.82 Å². The minimum atomic E-state index is 0.450. The van der Waals surface area contributed by atoms with E-state index in [-0.39, 0.29) is 0 Å². The minimum Gasteiger partial charge on any atom is -0.352 e. The van der Waals surface area contributed by atoms with E-state index < -0.39 is 0 Å². The van der Waals surface area contributed by atoms with Gasteiger partial charge in [-0.1, -0.05) is 20.8 Å². The van der Waals surface area contributed by atoms with Gasteiger partial charge < -0.3 is 10.2 Å². The summed E-state index contributed by atoms with van der Waals surface area (Å²) < 4.78 is 0. The van der Waals surface area contributed by atoms with Crippen LogP contribution in [0.2, 0.25) is 0 Å². The second-order valence-electron chi connectivity index (χ2n) is 6.46. The molecule has 1 N–H and O–H groups in total. The van der Waals surface area contributed by atoms with Gasteiger partial charge in [-0.25, -0.2) is 9.97 Å². The third kappa shape index (κ3) is 4.16. The molecule has 0 spiro atoms. The lowest BCUT2D eigenvalue weighted by molar-refractivity contribution is 0.366. The minimum absolute atomic E-state index is 0.450. The highest BCUT2D eigenvalue weighted by molar-refractivity contribution is 5.42. The van der Waals surface area contributed by atoms with Crippen molar-refractivity contribution in [1.82, 2.24) is 15.3 Å². The van der Waals surface area contributed by atoms with E-state index in [2.05, 4.69) is 53.9 Å². The zero-order valence-electron chi connectivity index (χ0n) is 14.0. The highest BCUT2D eigenvalue weighted by atomic mass is 15.2. The van der Waals surface area contributed by atoms with Gasteiger partial charge in [0.25, 0.3) is 0 Å². The number of nitrogens with zero attached hydrogens (tertiary/aromatic N) is 3. The summed E-state index contributed by atoms with van der Waals surface area (Å²) in [7, 11) is 0. The molecule has 1 saturated heterocycles. The van der Waals surface area contributed by atoms with Gasteiger partial charge in [0.05, 0.1) is 0 Å². The lowest BCUT2D eigenvalue weighted by Gasteiger charge is -2.40. The van der Waals surface area contributed by atoms with Gasteiger partial charge in [0.15, 0.2) is 0 Å².